The standard InChI is InChI=1S/C24H27N5O2/c1-17-15-18(2)26-22-21(17)23(28-12-4-5-13-28)27-29(22)16-19-7-9-20(10-8-19)24(30)25-11-6-14-31-3/h4-5,7-10,12-13,15H,6,11,14,16H2,1-3H3,(H,25,30). The predicted octanol–water partition coefficient (Wildman–Crippen LogP) is 3.65. The van der Waals surface area contributed by atoms with Gasteiger partial charge < -0.3 is 14.6 Å². The number of carbonyl (C=O) groups excluding carboxylic acids is 1. The molecule has 0 unspecified atom stereocenters. The van der Waals surface area contributed by atoms with Crippen molar-refractivity contribution >= 4 is 16.9 Å². The Balaban J connectivity index is 1.58. The molecule has 1 amide bonds. The number of carbonyl (C=O) groups is 1. The second-order valence-electron chi connectivity index (χ2n) is 7.65. The molecule has 4 rings (SSSR count). The fourth-order valence-corrected chi connectivity index (χ4v) is 3.71. The van der Waals surface area contributed by atoms with Crippen molar-refractivity contribution in [3.05, 3.63) is 77.2 Å². The zero-order valence-electron chi connectivity index (χ0n) is 18.1. The zero-order valence-corrected chi connectivity index (χ0v) is 18.1. The maximum absolute atomic E-state index is 12.3. The minimum absolute atomic E-state index is 0.0741. The molecule has 7 heteroatoms. The number of aryl methyl sites for hydroxylation is 2. The summed E-state index contributed by atoms with van der Waals surface area (Å²) in [7, 11) is 1.66. The molecule has 0 radical (unpaired) electrons. The first-order valence-electron chi connectivity index (χ1n) is 10.4. The number of benzene rings is 1. The minimum Gasteiger partial charge on any atom is -0.385 e. The molecule has 31 heavy (non-hydrogen) atoms. The van der Waals surface area contributed by atoms with E-state index < -0.39 is 0 Å². The number of methoxy groups -OCH3 is 1. The lowest BCUT2D eigenvalue weighted by atomic mass is 10.1. The Kier molecular flexibility index (Phi) is 6.13. The quantitative estimate of drug-likeness (QED) is 0.444. The lowest BCUT2D eigenvalue weighted by molar-refractivity contribution is 0.0948. The first kappa shape index (κ1) is 20.8. The molecule has 0 aliphatic heterocycles. The Bertz CT molecular complexity index is 1180. The SMILES string of the molecule is COCCCNC(=O)c1ccc(Cn2nc(-n3cccc3)c3c(C)cc(C)nc32)cc1. The van der Waals surface area contributed by atoms with E-state index in [9.17, 15) is 4.79 Å². The van der Waals surface area contributed by atoms with Crippen molar-refractivity contribution in [3.63, 3.8) is 0 Å². The van der Waals surface area contributed by atoms with Gasteiger partial charge in [0.25, 0.3) is 5.91 Å². The molecule has 0 aliphatic carbocycles. The first-order valence-corrected chi connectivity index (χ1v) is 10.4. The molecule has 0 fully saturated rings. The average molecular weight is 418 g/mol. The molecule has 0 atom stereocenters. The van der Waals surface area contributed by atoms with Gasteiger partial charge in [0, 0.05) is 43.9 Å². The van der Waals surface area contributed by atoms with E-state index in [4.69, 9.17) is 14.8 Å². The number of amides is 1. The van der Waals surface area contributed by atoms with Gasteiger partial charge in [-0.15, -0.1) is 0 Å². The molecular weight excluding hydrogens is 390 g/mol. The van der Waals surface area contributed by atoms with E-state index in [1.165, 1.54) is 0 Å². The third-order valence-electron chi connectivity index (χ3n) is 5.22. The molecule has 0 saturated carbocycles. The van der Waals surface area contributed by atoms with E-state index in [1.807, 2.05) is 65.0 Å². The number of pyridine rings is 1. The molecule has 0 aliphatic rings. The molecule has 0 bridgehead atoms. The molecule has 160 valence electrons. The highest BCUT2D eigenvalue weighted by atomic mass is 16.5. The van der Waals surface area contributed by atoms with E-state index in [0.717, 1.165) is 40.1 Å². The summed E-state index contributed by atoms with van der Waals surface area (Å²) < 4.78 is 8.95. The third kappa shape index (κ3) is 4.51. The van der Waals surface area contributed by atoms with Crippen LogP contribution in [0.25, 0.3) is 16.9 Å². The van der Waals surface area contributed by atoms with Crippen molar-refractivity contribution in [2.24, 2.45) is 0 Å². The van der Waals surface area contributed by atoms with Crippen molar-refractivity contribution in [2.75, 3.05) is 20.3 Å². The Morgan fingerprint density at radius 3 is 2.58 bits per heavy atom. The fraction of sp³-hybridized carbons (Fsp3) is 0.292. The maximum Gasteiger partial charge on any atom is 0.251 e. The monoisotopic (exact) mass is 417 g/mol. The molecule has 1 aromatic carbocycles. The number of fused-ring (bicyclic) bond motifs is 1. The highest BCUT2D eigenvalue weighted by Gasteiger charge is 2.16. The number of aromatic nitrogens is 4. The number of nitrogens with one attached hydrogen (secondary N) is 1. The van der Waals surface area contributed by atoms with Gasteiger partial charge in [0.15, 0.2) is 11.5 Å². The molecule has 4 aromatic rings. The zero-order chi connectivity index (χ0) is 21.8. The molecule has 0 spiro atoms. The van der Waals surface area contributed by atoms with E-state index >= 15 is 0 Å². The molecular formula is C24H27N5O2. The predicted molar refractivity (Wildman–Crippen MR) is 121 cm³/mol. The summed E-state index contributed by atoms with van der Waals surface area (Å²) in [6.07, 6.45) is 4.78. The largest absolute Gasteiger partial charge is 0.385 e. The summed E-state index contributed by atoms with van der Waals surface area (Å²) in [6, 6.07) is 13.7. The van der Waals surface area contributed by atoms with Crippen LogP contribution in [0.4, 0.5) is 0 Å². The summed E-state index contributed by atoms with van der Waals surface area (Å²) in [5.41, 5.74) is 4.68. The van der Waals surface area contributed by atoms with Crippen molar-refractivity contribution in [1.82, 2.24) is 24.6 Å². The van der Waals surface area contributed by atoms with Gasteiger partial charge in [0.2, 0.25) is 0 Å². The van der Waals surface area contributed by atoms with Crippen molar-refractivity contribution in [1.29, 1.82) is 0 Å². The van der Waals surface area contributed by atoms with Crippen molar-refractivity contribution < 1.29 is 9.53 Å². The first-order chi connectivity index (χ1) is 15.1. The Morgan fingerprint density at radius 2 is 1.87 bits per heavy atom. The number of ether oxygens (including phenoxy) is 1. The van der Waals surface area contributed by atoms with Crippen LogP contribution in [0.5, 0.6) is 0 Å². The van der Waals surface area contributed by atoms with Gasteiger partial charge in [-0.05, 0) is 61.7 Å². The van der Waals surface area contributed by atoms with Crippen LogP contribution < -0.4 is 5.32 Å². The summed E-state index contributed by atoms with van der Waals surface area (Å²) in [5.74, 6) is 0.798. The van der Waals surface area contributed by atoms with Crippen LogP contribution in [-0.2, 0) is 11.3 Å². The maximum atomic E-state index is 12.3. The van der Waals surface area contributed by atoms with E-state index in [0.29, 0.717) is 25.3 Å². The molecule has 3 aromatic heterocycles. The third-order valence-corrected chi connectivity index (χ3v) is 5.22. The molecule has 0 saturated heterocycles. The summed E-state index contributed by atoms with van der Waals surface area (Å²) in [5, 5.41) is 8.83. The van der Waals surface area contributed by atoms with Crippen molar-refractivity contribution in [3.8, 4) is 5.82 Å². The number of nitrogens with zero attached hydrogens (tertiary/aromatic N) is 4. The Labute approximate surface area is 181 Å². The van der Waals surface area contributed by atoms with Crippen LogP contribution in [-0.4, -0.2) is 45.5 Å². The summed E-state index contributed by atoms with van der Waals surface area (Å²) >= 11 is 0. The van der Waals surface area contributed by atoms with E-state index in [-0.39, 0.29) is 5.91 Å². The summed E-state index contributed by atoms with van der Waals surface area (Å²) in [6.45, 7) is 5.90. The Morgan fingerprint density at radius 1 is 1.13 bits per heavy atom. The lowest BCUT2D eigenvalue weighted by Gasteiger charge is -2.07. The second kappa shape index (κ2) is 9.14. The van der Waals surface area contributed by atoms with Gasteiger partial charge in [-0.1, -0.05) is 12.1 Å². The molecule has 7 nitrogen and oxygen atoms in total. The van der Waals surface area contributed by atoms with Crippen molar-refractivity contribution in [2.45, 2.75) is 26.8 Å². The van der Waals surface area contributed by atoms with E-state index in [2.05, 4.69) is 18.3 Å². The fourth-order valence-electron chi connectivity index (χ4n) is 3.71. The highest BCUT2D eigenvalue weighted by Crippen LogP contribution is 2.25. The van der Waals surface area contributed by atoms with Gasteiger partial charge in [0.05, 0.1) is 11.9 Å². The number of hydrogen-bond donors (Lipinski definition) is 1. The van der Waals surface area contributed by atoms with Crippen LogP contribution in [0.1, 0.15) is 33.6 Å². The summed E-state index contributed by atoms with van der Waals surface area (Å²) in [4.78, 5) is 17.1. The molecule has 1 N–H and O–H groups in total. The van der Waals surface area contributed by atoms with Crippen LogP contribution >= 0.6 is 0 Å². The molecule has 3 heterocycles. The normalized spacial score (nSPS) is 11.2. The smallest absolute Gasteiger partial charge is 0.251 e. The number of hydrogen-bond acceptors (Lipinski definition) is 4. The topological polar surface area (TPSA) is 74.0 Å². The van der Waals surface area contributed by atoms with Crippen LogP contribution in [0.3, 0.4) is 0 Å². The van der Waals surface area contributed by atoms with Gasteiger partial charge in [-0.3, -0.25) is 4.79 Å². The van der Waals surface area contributed by atoms with Crippen LogP contribution in [0.15, 0.2) is 54.9 Å². The highest BCUT2D eigenvalue weighted by molar-refractivity contribution is 5.94. The average Bonchev–Trinajstić information content (AvgIpc) is 3.40. The second-order valence-corrected chi connectivity index (χ2v) is 7.65. The van der Waals surface area contributed by atoms with Crippen LogP contribution in [0, 0.1) is 13.8 Å². The van der Waals surface area contributed by atoms with Gasteiger partial charge in [0.1, 0.15) is 0 Å². The minimum atomic E-state index is -0.0741. The number of rotatable bonds is 8. The Hall–Kier alpha value is -3.45. The van der Waals surface area contributed by atoms with Gasteiger partial charge in [-0.2, -0.15) is 5.10 Å². The van der Waals surface area contributed by atoms with Gasteiger partial charge >= 0.3 is 0 Å². The van der Waals surface area contributed by atoms with Gasteiger partial charge in [-0.25, -0.2) is 9.67 Å². The van der Waals surface area contributed by atoms with Crippen LogP contribution in [0.2, 0.25) is 0 Å². The lowest BCUT2D eigenvalue weighted by Crippen LogP contribution is -2.25. The van der Waals surface area contributed by atoms with E-state index in [1.54, 1.807) is 7.11 Å².